The van der Waals surface area contributed by atoms with Gasteiger partial charge in [-0.3, -0.25) is 4.79 Å². The molecule has 5 heterocycles. The Kier molecular flexibility index (Phi) is 30.8. The van der Waals surface area contributed by atoms with Gasteiger partial charge in [-0.25, -0.2) is 0 Å². The van der Waals surface area contributed by atoms with Crippen LogP contribution >= 0.6 is 0 Å². The predicted molar refractivity (Wildman–Crippen MR) is 392 cm³/mol. The van der Waals surface area contributed by atoms with Crippen LogP contribution in [0.2, 0.25) is 0 Å². The number of aliphatic hydroxyl groups is 1. The predicted octanol–water partition coefficient (Wildman–Crippen LogP) is 22.1. The third-order valence-electron chi connectivity index (χ3n) is 14.1. The van der Waals surface area contributed by atoms with E-state index in [9.17, 15) is 9.90 Å². The number of hydrogen-bond acceptors (Lipinski definition) is 7. The average Bonchev–Trinajstić information content (AvgIpc) is 0.737. The van der Waals surface area contributed by atoms with Gasteiger partial charge in [-0.05, 0) is 118 Å². The minimum absolute atomic E-state index is 0. The van der Waals surface area contributed by atoms with Gasteiger partial charge in [0.2, 0.25) is 0 Å². The zero-order chi connectivity index (χ0) is 72.0. The molecule has 5 aromatic heterocycles. The molecule has 8 aromatic carbocycles. The molecule has 501 valence electrons. The van der Waals surface area contributed by atoms with Crippen LogP contribution in [0.15, 0.2) is 304 Å². The molecule has 10 heteroatoms. The molecule has 7 nitrogen and oxygen atoms in total. The summed E-state index contributed by atoms with van der Waals surface area (Å²) >= 11 is 0. The third-order valence-corrected chi connectivity index (χ3v) is 14.1. The number of nitrogens with zero attached hydrogens (tertiary/aromatic N) is 5. The van der Waals surface area contributed by atoms with Crippen molar-refractivity contribution in [3.8, 4) is 89.7 Å². The number of aromatic nitrogens is 5. The van der Waals surface area contributed by atoms with E-state index in [-0.39, 0.29) is 83.0 Å². The summed E-state index contributed by atoms with van der Waals surface area (Å²) in [4.78, 5) is 32.8. The molecule has 0 saturated carbocycles. The SMILES string of the molecule is CC(C)CC(=O)C=C(O)CC(C)C.Cc1ccc(-c2[c-]cccc2)nc1.Cc1ccc(-c2ccnc(-c3[c-]cccc3)c2)cc1.[2H]C([2H])([2H])c1ccc(-c2[c-]ccc(-c3ccccc3)c2)nc1.[2H]C([2H])([2H])c1ccc(-c2[c-]cccc2)nc1.[Ir].[Ir].[Ir].[c-]1ccccc1-c1ccc(-c2ccccc2)cn1. The van der Waals surface area contributed by atoms with Gasteiger partial charge in [0, 0.05) is 118 Å². The minimum Gasteiger partial charge on any atom is -0.512 e. The van der Waals surface area contributed by atoms with Gasteiger partial charge in [-0.2, -0.15) is 0 Å². The number of aliphatic hydroxyl groups excluding tert-OH is 1. The van der Waals surface area contributed by atoms with Gasteiger partial charge in [-0.1, -0.05) is 173 Å². The van der Waals surface area contributed by atoms with Crippen LogP contribution in [-0.4, -0.2) is 35.8 Å². The number of carbonyl (C=O) groups excluding carboxylic acids is 1. The van der Waals surface area contributed by atoms with Crippen molar-refractivity contribution in [2.24, 2.45) is 11.8 Å². The van der Waals surface area contributed by atoms with Crippen molar-refractivity contribution in [3.05, 3.63) is 356 Å². The van der Waals surface area contributed by atoms with E-state index in [1.807, 2.05) is 229 Å². The normalized spacial score (nSPS) is 11.4. The van der Waals surface area contributed by atoms with E-state index < -0.39 is 13.7 Å². The van der Waals surface area contributed by atoms with Crippen molar-refractivity contribution in [1.29, 1.82) is 0 Å². The third kappa shape index (κ3) is 27.3. The number of pyridine rings is 5. The summed E-state index contributed by atoms with van der Waals surface area (Å²) in [6, 6.07) is 101. The van der Waals surface area contributed by atoms with Gasteiger partial charge in [0.05, 0.1) is 5.76 Å². The Morgan fingerprint density at radius 3 is 1.16 bits per heavy atom. The molecule has 0 unspecified atom stereocenters. The number of rotatable bonds is 13. The summed E-state index contributed by atoms with van der Waals surface area (Å²) in [6.45, 7) is 7.92. The Morgan fingerprint density at radius 2 is 0.745 bits per heavy atom. The van der Waals surface area contributed by atoms with E-state index in [0.717, 1.165) is 67.3 Å². The fourth-order valence-electron chi connectivity index (χ4n) is 9.35. The maximum atomic E-state index is 11.2. The topological polar surface area (TPSA) is 102 Å². The molecule has 98 heavy (non-hydrogen) atoms. The van der Waals surface area contributed by atoms with Gasteiger partial charge < -0.3 is 30.0 Å². The first-order valence-electron chi connectivity index (χ1n) is 34.4. The van der Waals surface area contributed by atoms with Crippen molar-refractivity contribution in [1.82, 2.24) is 24.9 Å². The van der Waals surface area contributed by atoms with Crippen molar-refractivity contribution in [3.63, 3.8) is 0 Å². The number of ketones is 1. The second-order valence-electron chi connectivity index (χ2n) is 22.9. The number of allylic oxidation sites excluding steroid dienone is 2. The molecule has 0 aliphatic carbocycles. The molecule has 0 saturated heterocycles. The summed E-state index contributed by atoms with van der Waals surface area (Å²) in [6.07, 6.45) is 10.9. The van der Waals surface area contributed by atoms with Crippen LogP contribution in [0.5, 0.6) is 0 Å². The molecule has 0 atom stereocenters. The Bertz CT molecular complexity index is 4550. The fraction of sp³-hybridized carbons (Fsp3) is 0.136. The van der Waals surface area contributed by atoms with Gasteiger partial charge in [0.25, 0.3) is 0 Å². The first kappa shape index (κ1) is 70.0. The molecule has 0 fully saturated rings. The van der Waals surface area contributed by atoms with Crippen molar-refractivity contribution < 1.29 is 78.4 Å². The Labute approximate surface area is 630 Å². The van der Waals surface area contributed by atoms with E-state index in [2.05, 4.69) is 117 Å². The maximum absolute atomic E-state index is 11.2. The maximum Gasteiger partial charge on any atom is 0.159 e. The number of carbonyl (C=O) groups is 1. The first-order valence-corrected chi connectivity index (χ1v) is 31.4. The van der Waals surface area contributed by atoms with Crippen LogP contribution in [0.1, 0.15) is 71.0 Å². The molecule has 0 bridgehead atoms. The summed E-state index contributed by atoms with van der Waals surface area (Å²) in [5, 5.41) is 9.34. The average molecular weight is 1820 g/mol. The van der Waals surface area contributed by atoms with Gasteiger partial charge in [0.15, 0.2) is 5.78 Å². The smallest absolute Gasteiger partial charge is 0.159 e. The van der Waals surface area contributed by atoms with Crippen LogP contribution in [0.3, 0.4) is 0 Å². The van der Waals surface area contributed by atoms with Crippen molar-refractivity contribution in [2.45, 2.75) is 68.1 Å². The zero-order valence-corrected chi connectivity index (χ0v) is 62.6. The van der Waals surface area contributed by atoms with E-state index in [1.54, 1.807) is 30.3 Å². The molecule has 1 N–H and O–H groups in total. The molecule has 0 amide bonds. The standard InChI is InChI=1S/2C18H14N.C17H12N.2C12H10N.C11H20O2.3Ir/c1-14-10-11-18(19-13-14)17-9-5-8-16(12-17)15-6-3-2-4-7-15;1-14-7-9-15(10-8-14)17-11-12-19-18(13-17)16-5-3-2-4-6-16;1-3-7-14(8-4-1)16-11-12-17(18-13-16)15-9-5-2-6-10-15;2*1-10-7-8-12(13-9-10)11-5-3-2-4-6-11;1-8(2)5-10(12)7-11(13)6-9(3)4;;;/h2-8,10-13H,1H3;2-5,7-13H,1H3;1-9,11-13H;2*2-5,7-9H,1H3;7-9,12H,5-6H2,1-4H3;;;/q5*-1;;;;/i1D3;;;1D3;;;;;. The second kappa shape index (κ2) is 43.1. The molecule has 3 radical (unpaired) electrons. The Morgan fingerprint density at radius 1 is 0.367 bits per heavy atom. The van der Waals surface area contributed by atoms with Gasteiger partial charge >= 0.3 is 0 Å². The number of aryl methyl sites for hydroxylation is 4. The van der Waals surface area contributed by atoms with Crippen LogP contribution in [0.25, 0.3) is 89.7 Å². The fourth-order valence-corrected chi connectivity index (χ4v) is 9.35. The summed E-state index contributed by atoms with van der Waals surface area (Å²) in [5.41, 5.74) is 19.0. The second-order valence-corrected chi connectivity index (χ2v) is 22.9. The largest absolute Gasteiger partial charge is 0.512 e. The monoisotopic (exact) mass is 1820 g/mol. The molecule has 0 spiro atoms. The van der Waals surface area contributed by atoms with Crippen molar-refractivity contribution >= 4 is 5.78 Å². The van der Waals surface area contributed by atoms with Crippen LogP contribution in [0, 0.1) is 69.7 Å². The van der Waals surface area contributed by atoms with Gasteiger partial charge in [0.1, 0.15) is 0 Å². The van der Waals surface area contributed by atoms with E-state index in [0.29, 0.717) is 30.4 Å². The van der Waals surface area contributed by atoms with Crippen LogP contribution in [0.4, 0.5) is 0 Å². The summed E-state index contributed by atoms with van der Waals surface area (Å²) in [7, 11) is 0. The molecular formula is C88H80Ir3N5O2-5. The van der Waals surface area contributed by atoms with Crippen LogP contribution in [-0.2, 0) is 65.1 Å². The number of benzene rings is 8. The molecule has 13 rings (SSSR count). The summed E-state index contributed by atoms with van der Waals surface area (Å²) in [5.74, 6) is 0.979. The Balaban J connectivity index is 0.000000225. The molecule has 0 aliphatic heterocycles. The van der Waals surface area contributed by atoms with Gasteiger partial charge in [-0.15, -0.1) is 179 Å². The first-order chi connectivity index (χ1) is 48.6. The molecule has 13 aromatic rings. The molecule has 0 aliphatic rings. The van der Waals surface area contributed by atoms with E-state index >= 15 is 0 Å². The molecular weight excluding hydrogens is 1740 g/mol. The van der Waals surface area contributed by atoms with Crippen molar-refractivity contribution in [2.75, 3.05) is 0 Å². The zero-order valence-electron chi connectivity index (χ0n) is 61.5. The van der Waals surface area contributed by atoms with E-state index in [1.165, 1.54) is 46.3 Å². The Hall–Kier alpha value is -9.33. The van der Waals surface area contributed by atoms with E-state index in [4.69, 9.17) is 8.22 Å². The quantitative estimate of drug-likeness (QED) is 0.0697. The van der Waals surface area contributed by atoms with Crippen LogP contribution < -0.4 is 0 Å². The summed E-state index contributed by atoms with van der Waals surface area (Å²) < 4.78 is 43.8. The number of hydrogen-bond donors (Lipinski definition) is 1. The minimum atomic E-state index is -2.12.